The number of rotatable bonds is 2. The van der Waals surface area contributed by atoms with Gasteiger partial charge in [-0.05, 0) is 39.9 Å². The van der Waals surface area contributed by atoms with E-state index >= 15 is 0 Å². The van der Waals surface area contributed by atoms with Crippen LogP contribution in [-0.4, -0.2) is 6.36 Å². The Hall–Kier alpha value is -0.0700. The summed E-state index contributed by atoms with van der Waals surface area (Å²) in [6.07, 6.45) is -4.71. The van der Waals surface area contributed by atoms with Gasteiger partial charge in [-0.25, -0.2) is 0 Å². The monoisotopic (exact) mass is 306 g/mol. The number of benzene rings is 1. The highest BCUT2D eigenvalue weighted by molar-refractivity contribution is 9.10. The predicted molar refractivity (Wildman–Crippen MR) is 52.5 cm³/mol. The predicted octanol–water partition coefficient (Wildman–Crippen LogP) is 4.59. The molecule has 0 unspecified atom stereocenters. The topological polar surface area (TPSA) is 9.23 Å². The summed E-state index contributed by atoms with van der Waals surface area (Å²) < 4.78 is 40.0. The number of hydrogen-bond donors (Lipinski definition) is 0. The van der Waals surface area contributed by atoms with Crippen molar-refractivity contribution in [2.24, 2.45) is 0 Å². The van der Waals surface area contributed by atoms with Gasteiger partial charge in [0.15, 0.2) is 0 Å². The summed E-state index contributed by atoms with van der Waals surface area (Å²) in [6, 6.07) is 4.22. The first-order chi connectivity index (χ1) is 6.42. The Balaban J connectivity index is 2.99. The molecule has 0 spiro atoms. The molecule has 1 rings (SSSR count). The molecule has 0 N–H and O–H groups in total. The fourth-order valence-electron chi connectivity index (χ4n) is 0.750. The summed E-state index contributed by atoms with van der Waals surface area (Å²) in [4.78, 5) is 0.215. The van der Waals surface area contributed by atoms with E-state index in [1.807, 2.05) is 0 Å². The molecule has 0 amide bonds. The minimum atomic E-state index is -4.71. The van der Waals surface area contributed by atoms with Crippen LogP contribution < -0.4 is 4.74 Å². The van der Waals surface area contributed by atoms with E-state index in [0.29, 0.717) is 15.4 Å². The second kappa shape index (κ2) is 4.63. The molecule has 0 aliphatic carbocycles. The van der Waals surface area contributed by atoms with Crippen molar-refractivity contribution in [1.82, 2.24) is 0 Å². The molecule has 78 valence electrons. The minimum Gasteiger partial charge on any atom is -0.405 e. The molecule has 1 nitrogen and oxygen atoms in total. The molecule has 14 heavy (non-hydrogen) atoms. The molecule has 0 atom stereocenters. The average molecular weight is 308 g/mol. The Labute approximate surface area is 95.2 Å². The van der Waals surface area contributed by atoms with Gasteiger partial charge in [-0.1, -0.05) is 15.9 Å². The molecule has 1 aromatic rings. The molecule has 0 radical (unpaired) electrons. The maximum Gasteiger partial charge on any atom is 0.573 e. The molecule has 0 aromatic heterocycles. The Morgan fingerprint density at radius 3 is 2.50 bits per heavy atom. The largest absolute Gasteiger partial charge is 0.573 e. The van der Waals surface area contributed by atoms with Gasteiger partial charge in [0.1, 0.15) is 5.75 Å². The Morgan fingerprint density at radius 1 is 1.36 bits per heavy atom. The van der Waals surface area contributed by atoms with Gasteiger partial charge < -0.3 is 4.74 Å². The van der Waals surface area contributed by atoms with Crippen molar-refractivity contribution < 1.29 is 17.9 Å². The first kappa shape index (κ1) is 12.0. The van der Waals surface area contributed by atoms with Crippen LogP contribution in [0.4, 0.5) is 13.2 Å². The number of halogens is 5. The number of alkyl halides is 3. The molecular weight excluding hydrogens is 304 g/mol. The lowest BCUT2D eigenvalue weighted by Gasteiger charge is -2.11. The van der Waals surface area contributed by atoms with E-state index < -0.39 is 6.36 Å². The average Bonchev–Trinajstić information content (AvgIpc) is 2.01. The fourth-order valence-corrected chi connectivity index (χ4v) is 1.77. The van der Waals surface area contributed by atoms with Crippen LogP contribution in [0.25, 0.3) is 0 Å². The zero-order valence-electron chi connectivity index (χ0n) is 6.44. The third-order valence-corrected chi connectivity index (χ3v) is 2.71. The molecule has 7 heteroatoms. The first-order valence-electron chi connectivity index (χ1n) is 3.26. The van der Waals surface area contributed by atoms with Gasteiger partial charge in [0.05, 0.1) is 4.90 Å². The standard InChI is InChI=1S/C7H3BrClF3OS/c8-4-1-2-6(14-9)5(3-4)13-7(10,11)12/h1-3H. The van der Waals surface area contributed by atoms with Gasteiger partial charge in [0.2, 0.25) is 0 Å². The van der Waals surface area contributed by atoms with Crippen LogP contribution in [0, 0.1) is 0 Å². The molecule has 0 heterocycles. The third-order valence-electron chi connectivity index (χ3n) is 1.21. The van der Waals surface area contributed by atoms with Crippen LogP contribution >= 0.6 is 37.6 Å². The smallest absolute Gasteiger partial charge is 0.405 e. The van der Waals surface area contributed by atoms with Crippen molar-refractivity contribution in [2.75, 3.05) is 0 Å². The van der Waals surface area contributed by atoms with Crippen molar-refractivity contribution in [3.05, 3.63) is 22.7 Å². The normalized spacial score (nSPS) is 11.5. The molecule has 1 aromatic carbocycles. The maximum atomic E-state index is 11.9. The molecule has 0 bridgehead atoms. The van der Waals surface area contributed by atoms with Gasteiger partial charge in [-0.15, -0.1) is 13.2 Å². The van der Waals surface area contributed by atoms with E-state index in [1.165, 1.54) is 12.1 Å². The van der Waals surface area contributed by atoms with Crippen LogP contribution in [0.1, 0.15) is 0 Å². The summed E-state index contributed by atoms with van der Waals surface area (Å²) >= 11 is 3.03. The van der Waals surface area contributed by atoms with Gasteiger partial charge in [0.25, 0.3) is 0 Å². The van der Waals surface area contributed by atoms with Gasteiger partial charge in [-0.2, -0.15) is 0 Å². The summed E-state index contributed by atoms with van der Waals surface area (Å²) in [6.45, 7) is 0. The van der Waals surface area contributed by atoms with Crippen LogP contribution in [0.15, 0.2) is 27.6 Å². The molecular formula is C7H3BrClF3OS. The van der Waals surface area contributed by atoms with Crippen LogP contribution in [0.2, 0.25) is 0 Å². The quantitative estimate of drug-likeness (QED) is 0.790. The molecule has 0 aliphatic rings. The molecule has 0 saturated heterocycles. The van der Waals surface area contributed by atoms with E-state index in [9.17, 15) is 13.2 Å². The van der Waals surface area contributed by atoms with Crippen molar-refractivity contribution in [3.8, 4) is 5.75 Å². The van der Waals surface area contributed by atoms with Crippen LogP contribution in [0.5, 0.6) is 5.75 Å². The lowest BCUT2D eigenvalue weighted by atomic mass is 10.3. The van der Waals surface area contributed by atoms with E-state index in [-0.39, 0.29) is 10.6 Å². The van der Waals surface area contributed by atoms with Gasteiger partial charge >= 0.3 is 6.36 Å². The minimum absolute atomic E-state index is 0.215. The van der Waals surface area contributed by atoms with Crippen LogP contribution in [-0.2, 0) is 0 Å². The number of hydrogen-bond acceptors (Lipinski definition) is 2. The lowest BCUT2D eigenvalue weighted by molar-refractivity contribution is -0.275. The molecule has 0 aliphatic heterocycles. The SMILES string of the molecule is FC(F)(F)Oc1cc(Br)ccc1SCl. The first-order valence-corrected chi connectivity index (χ1v) is 5.70. The summed E-state index contributed by atoms with van der Waals surface area (Å²) in [5, 5.41) is 0. The van der Waals surface area contributed by atoms with E-state index in [2.05, 4.69) is 20.7 Å². The molecule has 0 saturated carbocycles. The summed E-state index contributed by atoms with van der Waals surface area (Å²) in [7, 11) is 6.04. The van der Waals surface area contributed by atoms with E-state index in [0.717, 1.165) is 0 Å². The highest BCUT2D eigenvalue weighted by atomic mass is 79.9. The zero-order chi connectivity index (χ0) is 10.8. The zero-order valence-corrected chi connectivity index (χ0v) is 9.60. The van der Waals surface area contributed by atoms with Crippen LogP contribution in [0.3, 0.4) is 0 Å². The highest BCUT2D eigenvalue weighted by Crippen LogP contribution is 2.36. The second-order valence-electron chi connectivity index (χ2n) is 2.22. The maximum absolute atomic E-state index is 11.9. The van der Waals surface area contributed by atoms with Crippen molar-refractivity contribution in [3.63, 3.8) is 0 Å². The Morgan fingerprint density at radius 2 is 2.00 bits per heavy atom. The summed E-state index contributed by atoms with van der Waals surface area (Å²) in [5.41, 5.74) is 0. The van der Waals surface area contributed by atoms with Crippen molar-refractivity contribution >= 4 is 37.6 Å². The Kier molecular flexibility index (Phi) is 3.97. The Bertz CT molecular complexity index is 331. The lowest BCUT2D eigenvalue weighted by Crippen LogP contribution is -2.17. The van der Waals surface area contributed by atoms with E-state index in [1.54, 1.807) is 6.07 Å². The highest BCUT2D eigenvalue weighted by Gasteiger charge is 2.32. The number of ether oxygens (including phenoxy) is 1. The second-order valence-corrected chi connectivity index (χ2v) is 4.19. The van der Waals surface area contributed by atoms with Gasteiger partial charge in [0, 0.05) is 4.47 Å². The molecule has 0 fully saturated rings. The third kappa shape index (κ3) is 3.59. The van der Waals surface area contributed by atoms with Crippen molar-refractivity contribution in [1.29, 1.82) is 0 Å². The fraction of sp³-hybridized carbons (Fsp3) is 0.143. The van der Waals surface area contributed by atoms with Crippen molar-refractivity contribution in [2.45, 2.75) is 11.3 Å². The van der Waals surface area contributed by atoms with Gasteiger partial charge in [-0.3, -0.25) is 0 Å². The van der Waals surface area contributed by atoms with E-state index in [4.69, 9.17) is 10.7 Å². The summed E-state index contributed by atoms with van der Waals surface area (Å²) in [5.74, 6) is -0.313.